The molecule has 260 valence electrons. The lowest BCUT2D eigenvalue weighted by Crippen LogP contribution is -2.29. The summed E-state index contributed by atoms with van der Waals surface area (Å²) in [4.78, 5) is 46.3. The number of Topliss-reactive ketones (excluding diaryl/α,β-unsaturated/α-hetero) is 1. The van der Waals surface area contributed by atoms with Crippen LogP contribution in [0.15, 0.2) is 85.0 Å². The fraction of sp³-hybridized carbons (Fsp3) is 0.282. The van der Waals surface area contributed by atoms with Gasteiger partial charge in [0.2, 0.25) is 0 Å². The molecule has 0 aliphatic carbocycles. The third-order valence-electron chi connectivity index (χ3n) is 8.03. The quantitative estimate of drug-likeness (QED) is 0.0463. The Hall–Kier alpha value is -5.42. The zero-order valence-corrected chi connectivity index (χ0v) is 29.5. The first kappa shape index (κ1) is 35.9. The number of aliphatic hydroxyl groups excluding tert-OH is 1. The van der Waals surface area contributed by atoms with Crippen LogP contribution in [0.2, 0.25) is 0 Å². The second-order valence-corrected chi connectivity index (χ2v) is 13.2. The molecule has 10 nitrogen and oxygen atoms in total. The number of carbonyl (C=O) groups is 3. The van der Waals surface area contributed by atoms with Crippen molar-refractivity contribution in [1.29, 1.82) is 0 Å². The van der Waals surface area contributed by atoms with E-state index in [0.29, 0.717) is 53.2 Å². The molecule has 1 atom stereocenters. The molecule has 3 aromatic carbocycles. The van der Waals surface area contributed by atoms with Crippen LogP contribution in [0.25, 0.3) is 5.76 Å². The van der Waals surface area contributed by atoms with Gasteiger partial charge in [-0.15, -0.1) is 0 Å². The molecule has 1 aliphatic heterocycles. The Morgan fingerprint density at radius 3 is 2.48 bits per heavy atom. The molecule has 0 bridgehead atoms. The summed E-state index contributed by atoms with van der Waals surface area (Å²) in [6, 6.07) is 18.6. The number of hydrogen-bond donors (Lipinski definition) is 1. The van der Waals surface area contributed by atoms with E-state index in [-0.39, 0.29) is 27.9 Å². The summed E-state index contributed by atoms with van der Waals surface area (Å²) >= 11 is 0.919. The number of anilines is 1. The van der Waals surface area contributed by atoms with Crippen LogP contribution in [0.1, 0.15) is 63.9 Å². The molecule has 1 unspecified atom stereocenters. The highest BCUT2D eigenvalue weighted by molar-refractivity contribution is 7.17. The average molecular weight is 697 g/mol. The van der Waals surface area contributed by atoms with E-state index in [0.717, 1.165) is 28.9 Å². The standard InChI is InChI=1S/C39H40N2O8S/c1-7-18-48-38(45)36-25(5)40-39(50-36)41-33(28-13-16-30(31(21-28)46-6)47-19-17-23(2)3)32(35(43)37(41)44)34(42)27-11-14-29(15-12-27)49-22-26-10-8-9-24(4)20-26/h7-16,20-21,23,33,42H,1,17-19,22H2,2-6H3/b34-32+. The van der Waals surface area contributed by atoms with Crippen LogP contribution in [-0.4, -0.2) is 48.1 Å². The highest BCUT2D eigenvalue weighted by atomic mass is 32.1. The number of amides is 1. The van der Waals surface area contributed by atoms with E-state index in [1.165, 1.54) is 18.1 Å². The number of aliphatic hydroxyl groups is 1. The topological polar surface area (TPSA) is 124 Å². The Balaban J connectivity index is 1.55. The fourth-order valence-corrected chi connectivity index (χ4v) is 6.42. The van der Waals surface area contributed by atoms with Gasteiger partial charge >= 0.3 is 11.9 Å². The van der Waals surface area contributed by atoms with Crippen molar-refractivity contribution in [2.24, 2.45) is 5.92 Å². The molecule has 50 heavy (non-hydrogen) atoms. The fourth-order valence-electron chi connectivity index (χ4n) is 5.43. The number of carbonyl (C=O) groups excluding carboxylic acids is 3. The Morgan fingerprint density at radius 1 is 1.04 bits per heavy atom. The molecule has 0 radical (unpaired) electrons. The number of esters is 1. The number of methoxy groups -OCH3 is 1. The molecule has 11 heteroatoms. The smallest absolute Gasteiger partial charge is 0.350 e. The van der Waals surface area contributed by atoms with Crippen molar-refractivity contribution < 1.29 is 38.4 Å². The largest absolute Gasteiger partial charge is 0.507 e. The van der Waals surface area contributed by atoms with Gasteiger partial charge in [-0.25, -0.2) is 9.78 Å². The van der Waals surface area contributed by atoms with E-state index in [1.807, 2.05) is 31.2 Å². The summed E-state index contributed by atoms with van der Waals surface area (Å²) in [7, 11) is 1.50. The molecular weight excluding hydrogens is 657 g/mol. The zero-order chi connectivity index (χ0) is 35.9. The molecule has 0 saturated carbocycles. The summed E-state index contributed by atoms with van der Waals surface area (Å²) in [5.74, 6) is -0.951. The normalized spacial score (nSPS) is 15.3. The van der Waals surface area contributed by atoms with Crippen molar-refractivity contribution >= 4 is 39.9 Å². The van der Waals surface area contributed by atoms with Gasteiger partial charge < -0.3 is 24.1 Å². The molecule has 1 saturated heterocycles. The summed E-state index contributed by atoms with van der Waals surface area (Å²) in [5, 5.41) is 11.8. The SMILES string of the molecule is C=CCOC(=O)c1sc(N2C(=O)C(=O)/C(=C(/O)c3ccc(OCc4cccc(C)c4)cc3)C2c2ccc(OCCC(C)C)c(OC)c2)nc1C. The van der Waals surface area contributed by atoms with Gasteiger partial charge in [0.05, 0.1) is 31.0 Å². The molecule has 1 fully saturated rings. The van der Waals surface area contributed by atoms with Crippen LogP contribution >= 0.6 is 11.3 Å². The first-order valence-electron chi connectivity index (χ1n) is 16.2. The van der Waals surface area contributed by atoms with E-state index in [1.54, 1.807) is 49.4 Å². The maximum atomic E-state index is 13.8. The molecule has 2 heterocycles. The van der Waals surface area contributed by atoms with E-state index < -0.39 is 23.7 Å². The highest BCUT2D eigenvalue weighted by Crippen LogP contribution is 2.45. The first-order valence-corrected chi connectivity index (χ1v) is 17.0. The molecule has 1 aromatic heterocycles. The third-order valence-corrected chi connectivity index (χ3v) is 9.16. The number of benzene rings is 3. The van der Waals surface area contributed by atoms with Crippen molar-refractivity contribution in [3.05, 3.63) is 118 Å². The Kier molecular flexibility index (Phi) is 11.4. The number of hydrogen-bond acceptors (Lipinski definition) is 10. The van der Waals surface area contributed by atoms with Crippen molar-refractivity contribution in [2.45, 2.75) is 46.8 Å². The average Bonchev–Trinajstić information content (AvgIpc) is 3.61. The van der Waals surface area contributed by atoms with Crippen LogP contribution in [0, 0.1) is 19.8 Å². The Labute approximate surface area is 295 Å². The van der Waals surface area contributed by atoms with Gasteiger partial charge in [-0.2, -0.15) is 0 Å². The monoisotopic (exact) mass is 696 g/mol. The maximum Gasteiger partial charge on any atom is 0.350 e. The van der Waals surface area contributed by atoms with Crippen LogP contribution < -0.4 is 19.1 Å². The van der Waals surface area contributed by atoms with E-state index in [9.17, 15) is 19.5 Å². The van der Waals surface area contributed by atoms with Crippen LogP contribution in [-0.2, 0) is 20.9 Å². The van der Waals surface area contributed by atoms with Gasteiger partial charge in [0, 0.05) is 5.56 Å². The minimum absolute atomic E-state index is 0.00282. The van der Waals surface area contributed by atoms with Gasteiger partial charge in [-0.3, -0.25) is 14.5 Å². The van der Waals surface area contributed by atoms with Crippen molar-refractivity contribution in [3.63, 3.8) is 0 Å². The molecular formula is C39H40N2O8S. The lowest BCUT2D eigenvalue weighted by atomic mass is 9.95. The van der Waals surface area contributed by atoms with Gasteiger partial charge in [0.15, 0.2) is 16.6 Å². The van der Waals surface area contributed by atoms with E-state index in [2.05, 4.69) is 25.4 Å². The molecule has 0 spiro atoms. The lowest BCUT2D eigenvalue weighted by molar-refractivity contribution is -0.132. The predicted molar refractivity (Wildman–Crippen MR) is 192 cm³/mol. The predicted octanol–water partition coefficient (Wildman–Crippen LogP) is 7.74. The van der Waals surface area contributed by atoms with Gasteiger partial charge in [-0.1, -0.05) is 73.7 Å². The Bertz CT molecular complexity index is 1930. The van der Waals surface area contributed by atoms with Crippen LogP contribution in [0.3, 0.4) is 0 Å². The number of rotatable bonds is 14. The second kappa shape index (κ2) is 15.9. The molecule has 1 amide bonds. The summed E-state index contributed by atoms with van der Waals surface area (Å²) in [5.41, 5.74) is 3.08. The van der Waals surface area contributed by atoms with E-state index >= 15 is 0 Å². The van der Waals surface area contributed by atoms with Crippen molar-refractivity contribution in [3.8, 4) is 17.2 Å². The lowest BCUT2D eigenvalue weighted by Gasteiger charge is -2.24. The maximum absolute atomic E-state index is 13.8. The zero-order valence-electron chi connectivity index (χ0n) is 28.7. The number of thiazole rings is 1. The number of ketones is 1. The number of aromatic nitrogens is 1. The molecule has 1 N–H and O–H groups in total. The molecule has 1 aliphatic rings. The summed E-state index contributed by atoms with van der Waals surface area (Å²) in [6.45, 7) is 12.2. The van der Waals surface area contributed by atoms with E-state index in [4.69, 9.17) is 18.9 Å². The number of nitrogens with zero attached hydrogens (tertiary/aromatic N) is 2. The van der Waals surface area contributed by atoms with Crippen LogP contribution in [0.5, 0.6) is 17.2 Å². The number of ether oxygens (including phenoxy) is 4. The highest BCUT2D eigenvalue weighted by Gasteiger charge is 2.48. The minimum Gasteiger partial charge on any atom is -0.507 e. The summed E-state index contributed by atoms with van der Waals surface area (Å²) in [6.07, 6.45) is 2.28. The third kappa shape index (κ3) is 7.89. The van der Waals surface area contributed by atoms with Gasteiger partial charge in [0.1, 0.15) is 29.6 Å². The number of aryl methyl sites for hydroxylation is 2. The molecule has 5 rings (SSSR count). The first-order chi connectivity index (χ1) is 24.0. The van der Waals surface area contributed by atoms with Crippen molar-refractivity contribution in [1.82, 2.24) is 4.98 Å². The van der Waals surface area contributed by atoms with Crippen LogP contribution in [0.4, 0.5) is 5.13 Å². The van der Waals surface area contributed by atoms with Crippen molar-refractivity contribution in [2.75, 3.05) is 25.2 Å². The molecule has 4 aromatic rings. The van der Waals surface area contributed by atoms with Gasteiger partial charge in [0.25, 0.3) is 5.78 Å². The Morgan fingerprint density at radius 2 is 1.80 bits per heavy atom. The minimum atomic E-state index is -1.12. The second-order valence-electron chi connectivity index (χ2n) is 12.2. The van der Waals surface area contributed by atoms with Gasteiger partial charge in [-0.05, 0) is 73.7 Å². The summed E-state index contributed by atoms with van der Waals surface area (Å²) < 4.78 is 22.8.